The van der Waals surface area contributed by atoms with Gasteiger partial charge in [-0.15, -0.1) is 0 Å². The van der Waals surface area contributed by atoms with Gasteiger partial charge in [0.15, 0.2) is 0 Å². The van der Waals surface area contributed by atoms with Gasteiger partial charge in [-0.3, -0.25) is 0 Å². The van der Waals surface area contributed by atoms with Crippen LogP contribution in [-0.4, -0.2) is 18.1 Å². The van der Waals surface area contributed by atoms with E-state index in [2.05, 4.69) is 4.72 Å². The fourth-order valence-corrected chi connectivity index (χ4v) is 4.39. The van der Waals surface area contributed by atoms with Crippen LogP contribution in [0.4, 0.5) is 0 Å². The van der Waals surface area contributed by atoms with Crippen molar-refractivity contribution in [1.29, 1.82) is 0 Å². The van der Waals surface area contributed by atoms with Crippen LogP contribution in [0.25, 0.3) is 0 Å². The smallest absolute Gasteiger partial charge is 0.242 e. The first-order chi connectivity index (χ1) is 10.0. The van der Waals surface area contributed by atoms with Crippen LogP contribution in [0, 0.1) is 0 Å². The standard InChI is InChI=1S/C14H18N2O3S2/c1-10(11-4-5-20-9-11)15-21(18,19)14-6-13(8-17)16(7-14)12-2-3-12/h4-7,9-10,12,15,17H,2-3,8H2,1H3. The van der Waals surface area contributed by atoms with Crippen molar-refractivity contribution in [2.75, 3.05) is 0 Å². The average molecular weight is 326 g/mol. The molecule has 1 saturated carbocycles. The van der Waals surface area contributed by atoms with Gasteiger partial charge in [0.25, 0.3) is 0 Å². The summed E-state index contributed by atoms with van der Waals surface area (Å²) in [5.41, 5.74) is 1.61. The zero-order valence-electron chi connectivity index (χ0n) is 11.7. The van der Waals surface area contributed by atoms with E-state index in [0.29, 0.717) is 11.7 Å². The molecule has 5 nitrogen and oxygen atoms in total. The summed E-state index contributed by atoms with van der Waals surface area (Å²) in [5, 5.41) is 13.2. The Hall–Kier alpha value is -1.15. The molecule has 2 aromatic rings. The summed E-state index contributed by atoms with van der Waals surface area (Å²) in [4.78, 5) is 0.223. The number of sulfonamides is 1. The van der Waals surface area contributed by atoms with Crippen molar-refractivity contribution in [3.8, 4) is 0 Å². The number of aromatic nitrogens is 1. The van der Waals surface area contributed by atoms with Gasteiger partial charge >= 0.3 is 0 Å². The second-order valence-electron chi connectivity index (χ2n) is 5.36. The lowest BCUT2D eigenvalue weighted by Crippen LogP contribution is -2.26. The highest BCUT2D eigenvalue weighted by Crippen LogP contribution is 2.37. The maximum Gasteiger partial charge on any atom is 0.242 e. The number of nitrogens with zero attached hydrogens (tertiary/aromatic N) is 1. The Kier molecular flexibility index (Phi) is 3.92. The van der Waals surface area contributed by atoms with Crippen LogP contribution >= 0.6 is 11.3 Å². The average Bonchev–Trinajstić information content (AvgIpc) is 2.98. The lowest BCUT2D eigenvalue weighted by atomic mass is 10.2. The minimum atomic E-state index is -3.58. The fraction of sp³-hybridized carbons (Fsp3) is 0.429. The highest BCUT2D eigenvalue weighted by atomic mass is 32.2. The Morgan fingerprint density at radius 2 is 2.29 bits per heavy atom. The first-order valence-electron chi connectivity index (χ1n) is 6.87. The van der Waals surface area contributed by atoms with Gasteiger partial charge in [0.05, 0.1) is 6.61 Å². The fourth-order valence-electron chi connectivity index (χ4n) is 2.35. The quantitative estimate of drug-likeness (QED) is 0.856. The zero-order valence-corrected chi connectivity index (χ0v) is 13.3. The molecule has 2 aromatic heterocycles. The topological polar surface area (TPSA) is 71.3 Å². The molecular weight excluding hydrogens is 308 g/mol. The van der Waals surface area contributed by atoms with E-state index in [0.717, 1.165) is 18.4 Å². The van der Waals surface area contributed by atoms with Crippen molar-refractivity contribution in [1.82, 2.24) is 9.29 Å². The molecule has 0 saturated heterocycles. The number of hydrogen-bond donors (Lipinski definition) is 2. The summed E-state index contributed by atoms with van der Waals surface area (Å²) in [6.45, 7) is 1.68. The summed E-state index contributed by atoms with van der Waals surface area (Å²) < 4.78 is 29.5. The Morgan fingerprint density at radius 1 is 1.52 bits per heavy atom. The molecule has 0 spiro atoms. The van der Waals surface area contributed by atoms with Gasteiger partial charge < -0.3 is 9.67 Å². The third kappa shape index (κ3) is 3.06. The van der Waals surface area contributed by atoms with Crippen LogP contribution in [0.1, 0.15) is 43.1 Å². The van der Waals surface area contributed by atoms with Crippen molar-refractivity contribution in [3.05, 3.63) is 40.3 Å². The van der Waals surface area contributed by atoms with Crippen LogP contribution in [-0.2, 0) is 16.6 Å². The number of rotatable bonds is 6. The molecule has 2 N–H and O–H groups in total. The van der Waals surface area contributed by atoms with Crippen molar-refractivity contribution in [2.24, 2.45) is 0 Å². The summed E-state index contributed by atoms with van der Waals surface area (Å²) in [6.07, 6.45) is 3.71. The van der Waals surface area contributed by atoms with E-state index in [1.807, 2.05) is 28.3 Å². The molecule has 114 valence electrons. The molecule has 21 heavy (non-hydrogen) atoms. The molecule has 2 heterocycles. The van der Waals surface area contributed by atoms with Gasteiger partial charge in [-0.05, 0) is 48.2 Å². The minimum Gasteiger partial charge on any atom is -0.390 e. The second kappa shape index (κ2) is 5.57. The van der Waals surface area contributed by atoms with Crippen LogP contribution in [0.5, 0.6) is 0 Å². The van der Waals surface area contributed by atoms with Crippen molar-refractivity contribution < 1.29 is 13.5 Å². The first-order valence-corrected chi connectivity index (χ1v) is 9.30. The van der Waals surface area contributed by atoms with Gasteiger partial charge in [0.1, 0.15) is 4.90 Å². The Labute approximate surface area is 128 Å². The lowest BCUT2D eigenvalue weighted by Gasteiger charge is -2.12. The summed E-state index contributed by atoms with van der Waals surface area (Å²) in [5.74, 6) is 0. The second-order valence-corrected chi connectivity index (χ2v) is 7.86. The molecule has 0 radical (unpaired) electrons. The molecule has 3 rings (SSSR count). The van der Waals surface area contributed by atoms with Gasteiger partial charge in [0.2, 0.25) is 10.0 Å². The number of aliphatic hydroxyl groups excluding tert-OH is 1. The molecule has 0 aliphatic heterocycles. The van der Waals surface area contributed by atoms with E-state index in [9.17, 15) is 13.5 Å². The first kappa shape index (κ1) is 14.8. The molecule has 0 amide bonds. The van der Waals surface area contributed by atoms with Crippen molar-refractivity contribution in [3.63, 3.8) is 0 Å². The SMILES string of the molecule is CC(NS(=O)(=O)c1cc(CO)n(C2CC2)c1)c1ccsc1. The van der Waals surface area contributed by atoms with Gasteiger partial charge in [-0.1, -0.05) is 0 Å². The summed E-state index contributed by atoms with van der Waals surface area (Å²) in [6, 6.07) is 3.53. The molecule has 0 bridgehead atoms. The van der Waals surface area contributed by atoms with E-state index in [1.165, 1.54) is 0 Å². The summed E-state index contributed by atoms with van der Waals surface area (Å²) >= 11 is 1.54. The van der Waals surface area contributed by atoms with Crippen LogP contribution in [0.2, 0.25) is 0 Å². The largest absolute Gasteiger partial charge is 0.390 e. The number of aliphatic hydroxyl groups is 1. The van der Waals surface area contributed by atoms with E-state index >= 15 is 0 Å². The number of hydrogen-bond acceptors (Lipinski definition) is 4. The number of thiophene rings is 1. The lowest BCUT2D eigenvalue weighted by molar-refractivity contribution is 0.270. The van der Waals surface area contributed by atoms with Gasteiger partial charge in [-0.2, -0.15) is 11.3 Å². The van der Waals surface area contributed by atoms with Gasteiger partial charge in [0, 0.05) is 24.0 Å². The van der Waals surface area contributed by atoms with Crippen LogP contribution in [0.3, 0.4) is 0 Å². The molecule has 1 aliphatic rings. The van der Waals surface area contributed by atoms with E-state index in [-0.39, 0.29) is 17.5 Å². The number of nitrogens with one attached hydrogen (secondary N) is 1. The predicted molar refractivity (Wildman–Crippen MR) is 81.7 cm³/mol. The molecule has 7 heteroatoms. The highest BCUT2D eigenvalue weighted by molar-refractivity contribution is 7.89. The molecule has 1 atom stereocenters. The zero-order chi connectivity index (χ0) is 15.0. The molecule has 1 unspecified atom stereocenters. The molecule has 1 aliphatic carbocycles. The summed E-state index contributed by atoms with van der Waals surface area (Å²) in [7, 11) is -3.58. The third-order valence-corrected chi connectivity index (χ3v) is 5.90. The van der Waals surface area contributed by atoms with E-state index in [1.54, 1.807) is 23.6 Å². The Balaban J connectivity index is 1.84. The molecule has 1 fully saturated rings. The molecule has 0 aromatic carbocycles. The maximum atomic E-state index is 12.5. The van der Waals surface area contributed by atoms with Crippen LogP contribution in [0.15, 0.2) is 34.0 Å². The molecular formula is C14H18N2O3S2. The van der Waals surface area contributed by atoms with Crippen molar-refractivity contribution >= 4 is 21.4 Å². The Bertz CT molecular complexity index is 715. The maximum absolute atomic E-state index is 12.5. The highest BCUT2D eigenvalue weighted by Gasteiger charge is 2.28. The van der Waals surface area contributed by atoms with Crippen molar-refractivity contribution in [2.45, 2.75) is 43.4 Å². The third-order valence-electron chi connectivity index (χ3n) is 3.69. The normalized spacial score (nSPS) is 17.0. The van der Waals surface area contributed by atoms with Crippen LogP contribution < -0.4 is 4.72 Å². The van der Waals surface area contributed by atoms with E-state index in [4.69, 9.17) is 0 Å². The Morgan fingerprint density at radius 3 is 2.86 bits per heavy atom. The minimum absolute atomic E-state index is 0.147. The monoisotopic (exact) mass is 326 g/mol. The predicted octanol–water partition coefficient (Wildman–Crippen LogP) is 2.42. The van der Waals surface area contributed by atoms with Gasteiger partial charge in [-0.25, -0.2) is 13.1 Å². The van der Waals surface area contributed by atoms with E-state index < -0.39 is 10.0 Å².